The number of thiophene rings is 1. The average molecular weight is 477 g/mol. The quantitative estimate of drug-likeness (QED) is 0.198. The van der Waals surface area contributed by atoms with E-state index in [9.17, 15) is 26.3 Å². The Balaban J connectivity index is 0.000000343. The Labute approximate surface area is 173 Å². The molecule has 0 amide bonds. The summed E-state index contributed by atoms with van der Waals surface area (Å²) in [4.78, 5) is 0.642. The van der Waals surface area contributed by atoms with Crippen molar-refractivity contribution in [3.05, 3.63) is 34.7 Å². The van der Waals surface area contributed by atoms with Crippen molar-refractivity contribution in [2.24, 2.45) is 0 Å². The van der Waals surface area contributed by atoms with Crippen LogP contribution in [0.5, 0.6) is 0 Å². The molecule has 170 valence electrons. The van der Waals surface area contributed by atoms with E-state index in [1.54, 1.807) is 6.07 Å². The van der Waals surface area contributed by atoms with Gasteiger partial charge in [-0.2, -0.15) is 13.2 Å². The molecule has 2 aromatic rings. The summed E-state index contributed by atoms with van der Waals surface area (Å²) >= 11 is 0. The molecule has 1 aliphatic rings. The molecule has 1 saturated carbocycles. The normalized spacial score (nSPS) is 17.2. The number of hydrogen-bond acceptors (Lipinski definition) is 3. The van der Waals surface area contributed by atoms with E-state index in [2.05, 4.69) is 0 Å². The lowest BCUT2D eigenvalue weighted by molar-refractivity contribution is -0.0868. The molecule has 30 heavy (non-hydrogen) atoms. The van der Waals surface area contributed by atoms with Crippen molar-refractivity contribution in [3.8, 4) is 0 Å². The number of benzene rings is 1. The van der Waals surface area contributed by atoms with Crippen molar-refractivity contribution in [2.75, 3.05) is 0 Å². The second kappa shape index (κ2) is 9.04. The van der Waals surface area contributed by atoms with Crippen LogP contribution >= 0.6 is 10.5 Å². The molecule has 11 heteroatoms. The lowest BCUT2D eigenvalue weighted by Crippen LogP contribution is -2.21. The molecule has 1 fully saturated rings. The minimum absolute atomic E-state index is 0.119. The first-order valence-electron chi connectivity index (χ1n) is 9.31. The monoisotopic (exact) mass is 476 g/mol. The van der Waals surface area contributed by atoms with Crippen LogP contribution in [0.2, 0.25) is 0 Å². The van der Waals surface area contributed by atoms with Gasteiger partial charge in [-0.3, -0.25) is 0 Å². The zero-order chi connectivity index (χ0) is 22.9. The van der Waals surface area contributed by atoms with Gasteiger partial charge in [0, 0.05) is 23.4 Å². The van der Waals surface area contributed by atoms with E-state index in [-0.39, 0.29) is 11.8 Å². The van der Waals surface area contributed by atoms with E-state index >= 15 is 0 Å². The van der Waals surface area contributed by atoms with E-state index < -0.39 is 31.6 Å². The van der Waals surface area contributed by atoms with Crippen molar-refractivity contribution in [3.63, 3.8) is 0 Å². The van der Waals surface area contributed by atoms with Crippen LogP contribution in [0.1, 0.15) is 68.2 Å². The molecular formula is C19H22F6O3S2. The lowest BCUT2D eigenvalue weighted by Gasteiger charge is -2.18. The lowest BCUT2D eigenvalue weighted by atomic mass is 9.88. The second-order valence-electron chi connectivity index (χ2n) is 7.49. The molecule has 1 unspecified atom stereocenters. The third kappa shape index (κ3) is 5.88. The van der Waals surface area contributed by atoms with Crippen LogP contribution in [0.4, 0.5) is 26.3 Å². The highest BCUT2D eigenvalue weighted by Gasteiger charge is 2.49. The Morgan fingerprint density at radius 2 is 1.53 bits per heavy atom. The summed E-state index contributed by atoms with van der Waals surface area (Å²) in [5.74, 6) is 0.372. The highest BCUT2D eigenvalue weighted by atomic mass is 32.2. The molecule has 1 aromatic heterocycles. The minimum Gasteiger partial charge on any atom is -0.741 e. The molecule has 1 heterocycles. The summed E-state index contributed by atoms with van der Waals surface area (Å²) in [5.41, 5.74) is -8.81. The number of fused-ring (bicyclic) bond motifs is 1. The topological polar surface area (TPSA) is 57.2 Å². The summed E-state index contributed by atoms with van der Waals surface area (Å²) in [6.45, 7) is 4.05. The first-order chi connectivity index (χ1) is 13.6. The van der Waals surface area contributed by atoms with Gasteiger partial charge in [-0.05, 0) is 30.4 Å². The minimum atomic E-state index is -6.09. The molecule has 0 aliphatic heterocycles. The molecule has 1 aliphatic carbocycles. The Kier molecular flexibility index (Phi) is 7.51. The van der Waals surface area contributed by atoms with Gasteiger partial charge >= 0.3 is 11.0 Å². The van der Waals surface area contributed by atoms with Gasteiger partial charge < -0.3 is 4.55 Å². The zero-order valence-corrected chi connectivity index (χ0v) is 17.9. The molecule has 0 radical (unpaired) electrons. The second-order valence-corrected chi connectivity index (χ2v) is 10.8. The molecule has 1 aromatic carbocycles. The zero-order valence-electron chi connectivity index (χ0n) is 16.3. The van der Waals surface area contributed by atoms with Crippen molar-refractivity contribution >= 4 is 30.7 Å². The van der Waals surface area contributed by atoms with Crippen molar-refractivity contribution in [1.82, 2.24) is 0 Å². The maximum absolute atomic E-state index is 13.7. The Bertz CT molecular complexity index is 969. The van der Waals surface area contributed by atoms with Crippen molar-refractivity contribution in [2.45, 2.75) is 68.8 Å². The van der Waals surface area contributed by atoms with E-state index in [1.165, 1.54) is 0 Å². The smallest absolute Gasteiger partial charge is 0.600 e. The summed E-state index contributed by atoms with van der Waals surface area (Å²) in [6, 6.07) is 7.49. The van der Waals surface area contributed by atoms with Gasteiger partial charge in [-0.15, -0.1) is 13.2 Å². The highest BCUT2D eigenvalue weighted by Crippen LogP contribution is 2.55. The molecule has 0 bridgehead atoms. The van der Waals surface area contributed by atoms with E-state index in [1.807, 2.05) is 32.0 Å². The van der Waals surface area contributed by atoms with Gasteiger partial charge in [0.25, 0.3) is 0 Å². The van der Waals surface area contributed by atoms with Crippen LogP contribution in [-0.4, -0.2) is 18.5 Å². The predicted molar refractivity (Wildman–Crippen MR) is 103 cm³/mol. The van der Waals surface area contributed by atoms with Crippen LogP contribution in [0.3, 0.4) is 0 Å². The summed E-state index contributed by atoms with van der Waals surface area (Å²) < 4.78 is 101. The standard InChI is InChI=1S/C18H22F3S.CHF3O3S/c1-12(2)14-8-9-15-11-16(13-6-4-3-5-7-13)22(17(15)10-14)18(19,20)21;2-1(3,4)8(5,6)7/h8-13H,3-7H2,1-2H3;(H,5,6,7)/q+1;/p-1. The third-order valence-corrected chi connectivity index (χ3v) is 7.73. The summed E-state index contributed by atoms with van der Waals surface area (Å²) in [5, 5.41) is 0.783. The number of rotatable bonds is 2. The Hall–Kier alpha value is -1.33. The fourth-order valence-corrected chi connectivity index (χ4v) is 5.68. The van der Waals surface area contributed by atoms with Crippen LogP contribution in [0, 0.1) is 0 Å². The molecule has 3 nitrogen and oxygen atoms in total. The molecule has 0 spiro atoms. The van der Waals surface area contributed by atoms with Crippen LogP contribution in [0.25, 0.3) is 10.1 Å². The van der Waals surface area contributed by atoms with E-state index in [4.69, 9.17) is 13.0 Å². The molecule has 1 atom stereocenters. The molecule has 3 rings (SSSR count). The SMILES string of the molecule is CC(C)c1ccc2cc(C3CCCCC3)[s+](C(F)(F)F)c2c1.O=S(=O)([O-])C(F)(F)F. The Morgan fingerprint density at radius 3 is 1.97 bits per heavy atom. The number of halogens is 6. The third-order valence-electron chi connectivity index (χ3n) is 4.98. The Morgan fingerprint density at radius 1 is 1.00 bits per heavy atom. The summed E-state index contributed by atoms with van der Waals surface area (Å²) in [7, 11) is -7.81. The van der Waals surface area contributed by atoms with Gasteiger partial charge in [0.05, 0.1) is 10.5 Å². The van der Waals surface area contributed by atoms with Crippen molar-refractivity contribution < 1.29 is 39.3 Å². The van der Waals surface area contributed by atoms with Gasteiger partial charge in [0.15, 0.2) is 19.7 Å². The van der Waals surface area contributed by atoms with Gasteiger partial charge in [0.1, 0.15) is 0 Å². The van der Waals surface area contributed by atoms with Gasteiger partial charge in [-0.1, -0.05) is 39.2 Å². The van der Waals surface area contributed by atoms with Crippen LogP contribution in [-0.2, 0) is 15.6 Å². The van der Waals surface area contributed by atoms with Crippen LogP contribution < -0.4 is 0 Å². The average Bonchev–Trinajstić information content (AvgIpc) is 3.00. The number of hydrogen-bond donors (Lipinski definition) is 0. The number of alkyl halides is 6. The fraction of sp³-hybridized carbons (Fsp3) is 0.579. The van der Waals surface area contributed by atoms with Gasteiger partial charge in [-0.25, -0.2) is 8.42 Å². The van der Waals surface area contributed by atoms with E-state index in [0.29, 0.717) is 9.58 Å². The van der Waals surface area contributed by atoms with Crippen molar-refractivity contribution in [1.29, 1.82) is 0 Å². The fourth-order valence-electron chi connectivity index (χ4n) is 3.48. The van der Waals surface area contributed by atoms with E-state index in [0.717, 1.165) is 43.1 Å². The van der Waals surface area contributed by atoms with Gasteiger partial charge in [0.2, 0.25) is 0 Å². The molecule has 0 N–H and O–H groups in total. The van der Waals surface area contributed by atoms with Crippen LogP contribution in [0.15, 0.2) is 24.3 Å². The predicted octanol–water partition coefficient (Wildman–Crippen LogP) is 7.29. The maximum Gasteiger partial charge on any atom is 0.600 e. The first kappa shape index (κ1) is 24.9. The molecular weight excluding hydrogens is 454 g/mol. The molecule has 0 saturated heterocycles. The maximum atomic E-state index is 13.7. The highest BCUT2D eigenvalue weighted by molar-refractivity contribution is 7.86. The largest absolute Gasteiger partial charge is 0.741 e. The summed E-state index contributed by atoms with van der Waals surface area (Å²) in [6.07, 6.45) is 5.11. The first-order valence-corrected chi connectivity index (χ1v) is 11.9.